The summed E-state index contributed by atoms with van der Waals surface area (Å²) in [6.45, 7) is 0. The van der Waals surface area contributed by atoms with Crippen molar-refractivity contribution in [2.45, 2.75) is 38.5 Å². The molecule has 2 aliphatic carbocycles. The third-order valence-corrected chi connectivity index (χ3v) is 4.99. The van der Waals surface area contributed by atoms with Gasteiger partial charge in [-0.25, -0.2) is 0 Å². The molecule has 1 fully saturated rings. The van der Waals surface area contributed by atoms with E-state index in [-0.39, 0.29) is 0 Å². The molecule has 17 heavy (non-hydrogen) atoms. The van der Waals surface area contributed by atoms with Crippen LogP contribution in [0.4, 0.5) is 0 Å². The fourth-order valence-corrected chi connectivity index (χ4v) is 3.83. The Morgan fingerprint density at radius 1 is 0.941 bits per heavy atom. The van der Waals surface area contributed by atoms with Gasteiger partial charge in [0.2, 0.25) is 0 Å². The summed E-state index contributed by atoms with van der Waals surface area (Å²) in [6, 6.07) is 8.66. The Morgan fingerprint density at radius 3 is 2.53 bits per heavy atom. The van der Waals surface area contributed by atoms with Gasteiger partial charge >= 0.3 is 0 Å². The van der Waals surface area contributed by atoms with Gasteiger partial charge in [-0.15, -0.1) is 0 Å². The van der Waals surface area contributed by atoms with Crippen molar-refractivity contribution in [1.29, 1.82) is 0 Å². The van der Waals surface area contributed by atoms with Crippen molar-refractivity contribution < 1.29 is 0 Å². The first-order valence-electron chi connectivity index (χ1n) is 6.83. The highest BCUT2D eigenvalue weighted by Gasteiger charge is 2.33. The van der Waals surface area contributed by atoms with Crippen LogP contribution in [-0.2, 0) is 0 Å². The Kier molecular flexibility index (Phi) is 3.37. The minimum absolute atomic E-state index is 0.842. The number of allylic oxidation sites excluding steroid dienone is 2. The lowest BCUT2D eigenvalue weighted by Crippen LogP contribution is -2.25. The van der Waals surface area contributed by atoms with Gasteiger partial charge in [0, 0.05) is 4.47 Å². The van der Waals surface area contributed by atoms with Crippen molar-refractivity contribution in [2.75, 3.05) is 0 Å². The molecule has 0 heterocycles. The van der Waals surface area contributed by atoms with Crippen LogP contribution in [0, 0.1) is 11.8 Å². The molecule has 0 spiro atoms. The van der Waals surface area contributed by atoms with E-state index in [0.717, 1.165) is 11.8 Å². The van der Waals surface area contributed by atoms with Crippen LogP contribution in [0.2, 0.25) is 0 Å². The van der Waals surface area contributed by atoms with Crippen LogP contribution in [0.15, 0.2) is 34.8 Å². The summed E-state index contributed by atoms with van der Waals surface area (Å²) in [5.41, 5.74) is 3.03. The molecule has 0 unspecified atom stereocenters. The first kappa shape index (κ1) is 11.5. The maximum Gasteiger partial charge on any atom is 0.0250 e. The van der Waals surface area contributed by atoms with Crippen LogP contribution in [0.3, 0.4) is 0 Å². The molecule has 0 aromatic heterocycles. The summed E-state index contributed by atoms with van der Waals surface area (Å²) in [4.78, 5) is 0. The van der Waals surface area contributed by atoms with Gasteiger partial charge in [0.25, 0.3) is 0 Å². The Balaban J connectivity index is 1.85. The maximum absolute atomic E-state index is 3.68. The largest absolute Gasteiger partial charge is 0.0766 e. The Hall–Kier alpha value is -0.560. The van der Waals surface area contributed by atoms with Gasteiger partial charge in [0.05, 0.1) is 0 Å². The fraction of sp³-hybridized carbons (Fsp3) is 0.500. The molecule has 1 aromatic rings. The van der Waals surface area contributed by atoms with Crippen molar-refractivity contribution in [3.63, 3.8) is 0 Å². The van der Waals surface area contributed by atoms with Crippen LogP contribution in [0.1, 0.15) is 44.1 Å². The van der Waals surface area contributed by atoms with E-state index in [1.165, 1.54) is 48.6 Å². The molecule has 0 N–H and O–H groups in total. The zero-order valence-electron chi connectivity index (χ0n) is 10.2. The van der Waals surface area contributed by atoms with Gasteiger partial charge in [0.15, 0.2) is 0 Å². The van der Waals surface area contributed by atoms with Crippen molar-refractivity contribution in [1.82, 2.24) is 0 Å². The topological polar surface area (TPSA) is 0 Å². The monoisotopic (exact) mass is 290 g/mol. The molecule has 1 aromatic carbocycles. The van der Waals surface area contributed by atoms with Gasteiger partial charge in [-0.05, 0) is 41.9 Å². The standard InChI is InChI=1S/C16H19Br/c17-16-10-6-5-9-14(16)15-11-12-7-3-1-2-4-8-13(12)15/h5-6,9-13H,1-4,7-8H2/t12-,13-/m0/s1. The molecule has 0 saturated heterocycles. The second-order valence-electron chi connectivity index (χ2n) is 5.36. The lowest BCUT2D eigenvalue weighted by Gasteiger charge is -2.38. The predicted molar refractivity (Wildman–Crippen MR) is 76.8 cm³/mol. The van der Waals surface area contributed by atoms with E-state index >= 15 is 0 Å². The molecule has 1 heteroatoms. The second kappa shape index (κ2) is 4.97. The highest BCUT2D eigenvalue weighted by atomic mass is 79.9. The highest BCUT2D eigenvalue weighted by molar-refractivity contribution is 9.10. The third kappa shape index (κ3) is 2.22. The zero-order valence-corrected chi connectivity index (χ0v) is 11.7. The lowest BCUT2D eigenvalue weighted by atomic mass is 9.67. The van der Waals surface area contributed by atoms with E-state index in [0.29, 0.717) is 0 Å². The molecule has 3 rings (SSSR count). The Morgan fingerprint density at radius 2 is 1.71 bits per heavy atom. The third-order valence-electron chi connectivity index (χ3n) is 4.30. The van der Waals surface area contributed by atoms with Crippen LogP contribution in [-0.4, -0.2) is 0 Å². The fourth-order valence-electron chi connectivity index (χ4n) is 3.32. The molecule has 90 valence electrons. The highest BCUT2D eigenvalue weighted by Crippen LogP contribution is 2.48. The van der Waals surface area contributed by atoms with Gasteiger partial charge < -0.3 is 0 Å². The van der Waals surface area contributed by atoms with Gasteiger partial charge in [-0.1, -0.05) is 65.9 Å². The van der Waals surface area contributed by atoms with Gasteiger partial charge in [-0.3, -0.25) is 0 Å². The van der Waals surface area contributed by atoms with Crippen LogP contribution >= 0.6 is 15.9 Å². The summed E-state index contributed by atoms with van der Waals surface area (Å²) in [6.07, 6.45) is 11.1. The second-order valence-corrected chi connectivity index (χ2v) is 6.22. The quantitative estimate of drug-likeness (QED) is 0.647. The smallest absolute Gasteiger partial charge is 0.0250 e. The predicted octanol–water partition coefficient (Wildman–Crippen LogP) is 5.43. The van der Waals surface area contributed by atoms with Crippen molar-refractivity contribution in [2.24, 2.45) is 11.8 Å². The van der Waals surface area contributed by atoms with Crippen LogP contribution in [0.5, 0.6) is 0 Å². The molecule has 0 nitrogen and oxygen atoms in total. The SMILES string of the molecule is Brc1ccccc1C1=C[C@@H]2CCCCCC[C@H]12. The van der Waals surface area contributed by atoms with Crippen LogP contribution in [0.25, 0.3) is 5.57 Å². The molecule has 1 saturated carbocycles. The van der Waals surface area contributed by atoms with Crippen molar-refractivity contribution in [3.8, 4) is 0 Å². The minimum atomic E-state index is 0.842. The summed E-state index contributed by atoms with van der Waals surface area (Å²) < 4.78 is 1.26. The summed E-state index contributed by atoms with van der Waals surface area (Å²) in [7, 11) is 0. The average molecular weight is 291 g/mol. The van der Waals surface area contributed by atoms with E-state index in [1.807, 2.05) is 0 Å². The van der Waals surface area contributed by atoms with E-state index in [4.69, 9.17) is 0 Å². The molecule has 2 atom stereocenters. The first-order chi connectivity index (χ1) is 8.36. The van der Waals surface area contributed by atoms with E-state index < -0.39 is 0 Å². The van der Waals surface area contributed by atoms with Crippen molar-refractivity contribution in [3.05, 3.63) is 40.4 Å². The van der Waals surface area contributed by atoms with Gasteiger partial charge in [0.1, 0.15) is 0 Å². The summed E-state index contributed by atoms with van der Waals surface area (Å²) >= 11 is 3.68. The Labute approximate surface area is 112 Å². The molecule has 2 aliphatic rings. The minimum Gasteiger partial charge on any atom is -0.0766 e. The number of halogens is 1. The Bertz CT molecular complexity index is 433. The normalized spacial score (nSPS) is 28.4. The molecule has 0 bridgehead atoms. The number of benzene rings is 1. The number of fused-ring (bicyclic) bond motifs is 1. The first-order valence-corrected chi connectivity index (χ1v) is 7.62. The van der Waals surface area contributed by atoms with Gasteiger partial charge in [-0.2, -0.15) is 0 Å². The molecule has 0 radical (unpaired) electrons. The van der Waals surface area contributed by atoms with E-state index in [2.05, 4.69) is 46.3 Å². The summed E-state index contributed by atoms with van der Waals surface area (Å²) in [5.74, 6) is 1.71. The average Bonchev–Trinajstić information content (AvgIpc) is 2.30. The number of rotatable bonds is 1. The number of hydrogen-bond donors (Lipinski definition) is 0. The van der Waals surface area contributed by atoms with Crippen molar-refractivity contribution >= 4 is 21.5 Å². The molecular weight excluding hydrogens is 272 g/mol. The lowest BCUT2D eigenvalue weighted by molar-refractivity contribution is 0.342. The molecule has 0 aliphatic heterocycles. The van der Waals surface area contributed by atoms with E-state index in [9.17, 15) is 0 Å². The van der Waals surface area contributed by atoms with E-state index in [1.54, 1.807) is 5.57 Å². The zero-order chi connectivity index (χ0) is 11.7. The maximum atomic E-state index is 3.68. The summed E-state index contributed by atoms with van der Waals surface area (Å²) in [5, 5.41) is 0. The molecular formula is C16H19Br. The number of hydrogen-bond acceptors (Lipinski definition) is 0. The van der Waals surface area contributed by atoms with Crippen LogP contribution < -0.4 is 0 Å². The molecule has 0 amide bonds.